The second-order valence-corrected chi connectivity index (χ2v) is 6.01. The number of anilines is 2. The summed E-state index contributed by atoms with van der Waals surface area (Å²) in [5.41, 5.74) is 4.30. The molecular formula is C18H22N2O5. The summed E-state index contributed by atoms with van der Waals surface area (Å²) in [7, 11) is 2.57. The summed E-state index contributed by atoms with van der Waals surface area (Å²) >= 11 is 0. The van der Waals surface area contributed by atoms with Gasteiger partial charge >= 0.3 is 11.9 Å². The number of aryl methyl sites for hydroxylation is 2. The van der Waals surface area contributed by atoms with Crippen molar-refractivity contribution in [2.45, 2.75) is 19.8 Å². The lowest BCUT2D eigenvalue weighted by atomic mass is 9.98. The average Bonchev–Trinajstić information content (AvgIpc) is 2.66. The van der Waals surface area contributed by atoms with Crippen LogP contribution >= 0.6 is 0 Å². The molecule has 1 aromatic rings. The maximum atomic E-state index is 12.5. The van der Waals surface area contributed by atoms with E-state index in [2.05, 4.69) is 11.4 Å². The number of hydrogen-bond donors (Lipinski definition) is 1. The molecule has 0 fully saturated rings. The molecule has 0 unspecified atom stereocenters. The summed E-state index contributed by atoms with van der Waals surface area (Å²) in [5, 5.41) is 3.42. The zero-order valence-electron chi connectivity index (χ0n) is 14.7. The largest absolute Gasteiger partial charge is 0.466 e. The lowest BCUT2D eigenvalue weighted by Crippen LogP contribution is -2.39. The molecule has 25 heavy (non-hydrogen) atoms. The molecule has 0 atom stereocenters. The third kappa shape index (κ3) is 3.07. The number of ether oxygens (including phenoxy) is 3. The van der Waals surface area contributed by atoms with Crippen molar-refractivity contribution in [3.8, 4) is 0 Å². The van der Waals surface area contributed by atoms with Crippen LogP contribution in [-0.4, -0.2) is 46.0 Å². The number of nitrogens with zero attached hydrogens (tertiary/aromatic N) is 1. The van der Waals surface area contributed by atoms with Gasteiger partial charge in [0.1, 0.15) is 12.4 Å². The number of rotatable bonds is 3. The number of esters is 2. The fourth-order valence-corrected chi connectivity index (χ4v) is 3.30. The molecule has 0 saturated carbocycles. The number of benzene rings is 1. The molecule has 0 amide bonds. The van der Waals surface area contributed by atoms with Crippen LogP contribution in [0.4, 0.5) is 11.4 Å². The third-order valence-corrected chi connectivity index (χ3v) is 4.49. The highest BCUT2D eigenvalue weighted by atomic mass is 16.5. The number of nitrogens with one attached hydrogen (secondary N) is 1. The first-order valence-corrected chi connectivity index (χ1v) is 8.20. The number of carbonyl (C=O) groups is 2. The molecule has 0 aromatic heterocycles. The van der Waals surface area contributed by atoms with Crippen LogP contribution in [0.5, 0.6) is 0 Å². The number of carbonyl (C=O) groups excluding carboxylic acids is 2. The van der Waals surface area contributed by atoms with Crippen molar-refractivity contribution in [3.05, 3.63) is 34.5 Å². The molecule has 134 valence electrons. The van der Waals surface area contributed by atoms with Crippen molar-refractivity contribution in [3.63, 3.8) is 0 Å². The summed E-state index contributed by atoms with van der Waals surface area (Å²) in [6, 6.07) is 4.11. The SMILES string of the molecule is COC(=O)C1=C(C(=O)OC)N(c2c(C)ccc3c2NCCC3)COC1. The van der Waals surface area contributed by atoms with Crippen molar-refractivity contribution >= 4 is 23.3 Å². The zero-order valence-corrected chi connectivity index (χ0v) is 14.7. The predicted octanol–water partition coefficient (Wildman–Crippen LogP) is 1.75. The summed E-state index contributed by atoms with van der Waals surface area (Å²) in [6.07, 6.45) is 2.02. The molecule has 0 spiro atoms. The average molecular weight is 346 g/mol. The molecule has 0 bridgehead atoms. The molecule has 0 aliphatic carbocycles. The monoisotopic (exact) mass is 346 g/mol. The second-order valence-electron chi connectivity index (χ2n) is 6.01. The van der Waals surface area contributed by atoms with Gasteiger partial charge in [0.2, 0.25) is 0 Å². The molecule has 7 heteroatoms. The number of fused-ring (bicyclic) bond motifs is 1. The first-order chi connectivity index (χ1) is 12.1. The van der Waals surface area contributed by atoms with Crippen molar-refractivity contribution in [1.29, 1.82) is 0 Å². The smallest absolute Gasteiger partial charge is 0.355 e. The van der Waals surface area contributed by atoms with Crippen molar-refractivity contribution in [2.24, 2.45) is 0 Å². The maximum absolute atomic E-state index is 12.5. The van der Waals surface area contributed by atoms with Crippen LogP contribution in [0.15, 0.2) is 23.4 Å². The Morgan fingerprint density at radius 1 is 1.20 bits per heavy atom. The molecule has 7 nitrogen and oxygen atoms in total. The lowest BCUT2D eigenvalue weighted by molar-refractivity contribution is -0.140. The van der Waals surface area contributed by atoms with E-state index in [0.29, 0.717) is 0 Å². The van der Waals surface area contributed by atoms with Crippen LogP contribution < -0.4 is 10.2 Å². The Labute approximate surface area is 146 Å². The van der Waals surface area contributed by atoms with Gasteiger partial charge in [0.15, 0.2) is 0 Å². The van der Waals surface area contributed by atoms with E-state index in [0.717, 1.165) is 36.3 Å². The molecule has 0 radical (unpaired) electrons. The van der Waals surface area contributed by atoms with Crippen LogP contribution in [-0.2, 0) is 30.2 Å². The third-order valence-electron chi connectivity index (χ3n) is 4.49. The Hall–Kier alpha value is -2.54. The Morgan fingerprint density at radius 2 is 1.96 bits per heavy atom. The van der Waals surface area contributed by atoms with Gasteiger partial charge < -0.3 is 24.4 Å². The van der Waals surface area contributed by atoms with E-state index in [-0.39, 0.29) is 24.6 Å². The molecule has 2 aliphatic rings. The normalized spacial score (nSPS) is 16.8. The summed E-state index contributed by atoms with van der Waals surface area (Å²) in [6.45, 7) is 2.99. The van der Waals surface area contributed by atoms with Gasteiger partial charge in [0.25, 0.3) is 0 Å². The predicted molar refractivity (Wildman–Crippen MR) is 92.3 cm³/mol. The van der Waals surface area contributed by atoms with Gasteiger partial charge in [-0.25, -0.2) is 9.59 Å². The molecule has 2 heterocycles. The second kappa shape index (κ2) is 7.14. The highest BCUT2D eigenvalue weighted by Gasteiger charge is 2.34. The Bertz CT molecular complexity index is 741. The van der Waals surface area contributed by atoms with Gasteiger partial charge in [-0.3, -0.25) is 0 Å². The Balaban J connectivity index is 2.18. The standard InChI is InChI=1S/C18H22N2O5/c1-11-6-7-12-5-4-8-19-14(12)15(11)20-10-25-9-13(17(21)23-2)16(20)18(22)24-3/h6-7,19H,4-5,8-10H2,1-3H3. The summed E-state index contributed by atoms with van der Waals surface area (Å²) in [4.78, 5) is 26.3. The minimum absolute atomic E-state index is 0.00903. The summed E-state index contributed by atoms with van der Waals surface area (Å²) < 4.78 is 15.3. The van der Waals surface area contributed by atoms with Gasteiger partial charge in [0.05, 0.1) is 37.8 Å². The molecule has 2 aliphatic heterocycles. The fourth-order valence-electron chi connectivity index (χ4n) is 3.30. The first-order valence-electron chi connectivity index (χ1n) is 8.20. The van der Waals surface area contributed by atoms with E-state index < -0.39 is 11.9 Å². The fraction of sp³-hybridized carbons (Fsp3) is 0.444. The van der Waals surface area contributed by atoms with E-state index >= 15 is 0 Å². The lowest BCUT2D eigenvalue weighted by Gasteiger charge is -2.35. The zero-order chi connectivity index (χ0) is 18.0. The first kappa shape index (κ1) is 17.3. The summed E-state index contributed by atoms with van der Waals surface area (Å²) in [5.74, 6) is -1.18. The quantitative estimate of drug-likeness (QED) is 0.836. The molecule has 3 rings (SSSR count). The van der Waals surface area contributed by atoms with Crippen LogP contribution in [0.1, 0.15) is 17.5 Å². The Morgan fingerprint density at radius 3 is 2.68 bits per heavy atom. The molecule has 1 aromatic carbocycles. The molecular weight excluding hydrogens is 324 g/mol. The Kier molecular flexibility index (Phi) is 4.94. The van der Waals surface area contributed by atoms with E-state index in [1.165, 1.54) is 19.8 Å². The highest BCUT2D eigenvalue weighted by Crippen LogP contribution is 2.39. The van der Waals surface area contributed by atoms with Gasteiger partial charge in [-0.15, -0.1) is 0 Å². The van der Waals surface area contributed by atoms with Crippen molar-refractivity contribution in [1.82, 2.24) is 0 Å². The maximum Gasteiger partial charge on any atom is 0.355 e. The van der Waals surface area contributed by atoms with Gasteiger partial charge in [-0.1, -0.05) is 12.1 Å². The minimum atomic E-state index is -0.597. The van der Waals surface area contributed by atoms with Crippen LogP contribution in [0.2, 0.25) is 0 Å². The number of methoxy groups -OCH3 is 2. The molecule has 0 saturated heterocycles. The van der Waals surface area contributed by atoms with Crippen molar-refractivity contribution in [2.75, 3.05) is 44.3 Å². The van der Waals surface area contributed by atoms with E-state index in [1.807, 2.05) is 13.0 Å². The van der Waals surface area contributed by atoms with Gasteiger partial charge in [0, 0.05) is 6.54 Å². The highest BCUT2D eigenvalue weighted by molar-refractivity contribution is 6.04. The van der Waals surface area contributed by atoms with E-state index in [4.69, 9.17) is 14.2 Å². The van der Waals surface area contributed by atoms with E-state index in [9.17, 15) is 9.59 Å². The van der Waals surface area contributed by atoms with E-state index in [1.54, 1.807) is 4.90 Å². The van der Waals surface area contributed by atoms with Crippen LogP contribution in [0.25, 0.3) is 0 Å². The topological polar surface area (TPSA) is 77.1 Å². The van der Waals surface area contributed by atoms with Crippen LogP contribution in [0, 0.1) is 6.92 Å². The molecule has 1 N–H and O–H groups in total. The minimum Gasteiger partial charge on any atom is -0.466 e. The van der Waals surface area contributed by atoms with Crippen LogP contribution in [0.3, 0.4) is 0 Å². The number of hydrogen-bond acceptors (Lipinski definition) is 7. The van der Waals surface area contributed by atoms with Crippen molar-refractivity contribution < 1.29 is 23.8 Å². The van der Waals surface area contributed by atoms with Gasteiger partial charge in [-0.2, -0.15) is 0 Å². The van der Waals surface area contributed by atoms with Gasteiger partial charge in [-0.05, 0) is 30.9 Å².